The highest BCUT2D eigenvalue weighted by Gasteiger charge is 2.30. The second-order valence-electron chi connectivity index (χ2n) is 6.63. The van der Waals surface area contributed by atoms with E-state index in [0.717, 1.165) is 0 Å². The molecule has 0 bridgehead atoms. The number of hydrogen-bond donors (Lipinski definition) is 2. The van der Waals surface area contributed by atoms with Crippen molar-refractivity contribution >= 4 is 15.7 Å². The van der Waals surface area contributed by atoms with Crippen molar-refractivity contribution < 1.29 is 13.3 Å². The quantitative estimate of drug-likeness (QED) is 0.307. The van der Waals surface area contributed by atoms with Gasteiger partial charge in [-0.15, -0.1) is 5.43 Å². The van der Waals surface area contributed by atoms with Crippen LogP contribution >= 0.6 is 0 Å². The van der Waals surface area contributed by atoms with Gasteiger partial charge < -0.3 is 9.80 Å². The van der Waals surface area contributed by atoms with Crippen molar-refractivity contribution in [2.45, 2.75) is 29.8 Å². The summed E-state index contributed by atoms with van der Waals surface area (Å²) in [7, 11) is -3.76. The standard InChI is InChI=1S/C17H21N6O3S/c1-2-21-8-7-15(12-21)20-27(25,26)17-5-3-4-16(10-17)23(24)19-14-6-9-22(11-14)13-18/h1,3-5,10,14-15,20H,6-9,11-12H2,(H,19,24)/q+1. The third-order valence-electron chi connectivity index (χ3n) is 4.68. The van der Waals surface area contributed by atoms with Crippen LogP contribution in [0.2, 0.25) is 0 Å². The van der Waals surface area contributed by atoms with Crippen LogP contribution < -0.4 is 10.1 Å². The van der Waals surface area contributed by atoms with E-state index in [1.807, 2.05) is 6.19 Å². The first kappa shape index (κ1) is 19.0. The number of likely N-dealkylation sites (tertiary alicyclic amines) is 2. The van der Waals surface area contributed by atoms with Crippen molar-refractivity contribution in [2.24, 2.45) is 0 Å². The van der Waals surface area contributed by atoms with Crippen molar-refractivity contribution in [3.05, 3.63) is 29.2 Å². The number of terminal acetylenes is 1. The fourth-order valence-corrected chi connectivity index (χ4v) is 4.54. The maximum atomic E-state index is 12.6. The number of nitroso groups, excluding NO2 is 1. The van der Waals surface area contributed by atoms with Gasteiger partial charge in [0.15, 0.2) is 11.1 Å². The van der Waals surface area contributed by atoms with Crippen molar-refractivity contribution in [2.75, 3.05) is 26.2 Å². The van der Waals surface area contributed by atoms with Gasteiger partial charge in [-0.3, -0.25) is 0 Å². The van der Waals surface area contributed by atoms with Crippen molar-refractivity contribution in [1.29, 1.82) is 5.26 Å². The van der Waals surface area contributed by atoms with Crippen molar-refractivity contribution in [3.8, 4) is 18.7 Å². The predicted octanol–water partition coefficient (Wildman–Crippen LogP) is 0.100. The first-order valence-corrected chi connectivity index (χ1v) is 10.1. The Morgan fingerprint density at radius 3 is 2.56 bits per heavy atom. The van der Waals surface area contributed by atoms with Gasteiger partial charge in [-0.05, 0) is 18.9 Å². The maximum absolute atomic E-state index is 12.6. The van der Waals surface area contributed by atoms with Crippen LogP contribution in [0.25, 0.3) is 0 Å². The molecule has 2 unspecified atom stereocenters. The lowest BCUT2D eigenvalue weighted by Gasteiger charge is -2.13. The average Bonchev–Trinajstić information content (AvgIpc) is 3.30. The third kappa shape index (κ3) is 4.48. The molecule has 0 amide bonds. The lowest BCUT2D eigenvalue weighted by Crippen LogP contribution is -2.37. The molecule has 1 aromatic rings. The number of nitrogens with zero attached hydrogens (tertiary/aromatic N) is 4. The van der Waals surface area contributed by atoms with Gasteiger partial charge in [0.2, 0.25) is 10.0 Å². The molecule has 2 N–H and O–H groups in total. The van der Waals surface area contributed by atoms with Gasteiger partial charge in [0, 0.05) is 43.9 Å². The van der Waals surface area contributed by atoms with E-state index >= 15 is 0 Å². The molecule has 10 heteroatoms. The number of hydrogen-bond acceptors (Lipinski definition) is 6. The monoisotopic (exact) mass is 389 g/mol. The molecule has 1 aromatic carbocycles. The minimum Gasteiger partial charge on any atom is -0.331 e. The van der Waals surface area contributed by atoms with E-state index in [-0.39, 0.29) is 22.7 Å². The van der Waals surface area contributed by atoms with Crippen LogP contribution in [0.5, 0.6) is 0 Å². The van der Waals surface area contributed by atoms with Crippen LogP contribution in [-0.4, -0.2) is 61.3 Å². The SMILES string of the molecule is C#CN1CCC(NS(=O)(=O)c2cccc([N+](=O)NC3CCN(C#N)C3)c2)C1. The summed E-state index contributed by atoms with van der Waals surface area (Å²) >= 11 is 0. The molecule has 2 aliphatic rings. The fourth-order valence-electron chi connectivity index (χ4n) is 3.24. The summed E-state index contributed by atoms with van der Waals surface area (Å²) in [6, 6.07) is 7.92. The Bertz CT molecular complexity index is 904. The highest BCUT2D eigenvalue weighted by atomic mass is 32.2. The molecule has 3 rings (SSSR count). The molecule has 0 aromatic heterocycles. The Kier molecular flexibility index (Phi) is 5.49. The van der Waals surface area contributed by atoms with E-state index in [0.29, 0.717) is 43.9 Å². The molecule has 0 spiro atoms. The normalized spacial score (nSPS) is 22.3. The summed E-state index contributed by atoms with van der Waals surface area (Å²) in [4.78, 5) is 16.2. The summed E-state index contributed by atoms with van der Waals surface area (Å²) < 4.78 is 27.9. The summed E-state index contributed by atoms with van der Waals surface area (Å²) in [6.45, 7) is 2.14. The number of nitriles is 1. The largest absolute Gasteiger partial charge is 0.331 e. The highest BCUT2D eigenvalue weighted by Crippen LogP contribution is 2.19. The van der Waals surface area contributed by atoms with Gasteiger partial charge in [0.1, 0.15) is 6.04 Å². The van der Waals surface area contributed by atoms with Gasteiger partial charge in [-0.2, -0.15) is 5.26 Å². The summed E-state index contributed by atoms with van der Waals surface area (Å²) in [5.74, 6) is 0. The van der Waals surface area contributed by atoms with Crippen LogP contribution in [-0.2, 0) is 10.0 Å². The Morgan fingerprint density at radius 1 is 1.19 bits per heavy atom. The highest BCUT2D eigenvalue weighted by molar-refractivity contribution is 7.89. The number of hydrazine groups is 1. The van der Waals surface area contributed by atoms with Crippen LogP contribution in [0.1, 0.15) is 12.8 Å². The first-order valence-electron chi connectivity index (χ1n) is 8.63. The second kappa shape index (κ2) is 7.82. The van der Waals surface area contributed by atoms with Gasteiger partial charge in [0.05, 0.1) is 16.3 Å². The zero-order valence-electron chi connectivity index (χ0n) is 14.7. The van der Waals surface area contributed by atoms with E-state index < -0.39 is 10.0 Å². The maximum Gasteiger partial charge on any atom is 0.293 e. The number of benzene rings is 1. The van der Waals surface area contributed by atoms with Gasteiger partial charge in [0.25, 0.3) is 5.69 Å². The van der Waals surface area contributed by atoms with E-state index in [1.54, 1.807) is 9.80 Å². The zero-order chi connectivity index (χ0) is 19.4. The Labute approximate surface area is 158 Å². The molecule has 2 aliphatic heterocycles. The first-order chi connectivity index (χ1) is 12.9. The Morgan fingerprint density at radius 2 is 1.89 bits per heavy atom. The minimum atomic E-state index is -3.76. The van der Waals surface area contributed by atoms with E-state index in [9.17, 15) is 13.3 Å². The second-order valence-corrected chi connectivity index (χ2v) is 8.35. The molecule has 27 heavy (non-hydrogen) atoms. The van der Waals surface area contributed by atoms with Crippen LogP contribution in [0.15, 0.2) is 29.2 Å². The zero-order valence-corrected chi connectivity index (χ0v) is 15.5. The van der Waals surface area contributed by atoms with Gasteiger partial charge in [-0.1, -0.05) is 12.5 Å². The average molecular weight is 389 g/mol. The summed E-state index contributed by atoms with van der Waals surface area (Å²) in [5, 5.41) is 8.88. The molecule has 0 radical (unpaired) electrons. The lowest BCUT2D eigenvalue weighted by atomic mass is 10.3. The molecule has 2 saturated heterocycles. The number of nitrogens with one attached hydrogen (secondary N) is 2. The number of sulfonamides is 1. The van der Waals surface area contributed by atoms with Crippen LogP contribution in [0.3, 0.4) is 0 Å². The molecule has 2 atom stereocenters. The van der Waals surface area contributed by atoms with E-state index in [4.69, 9.17) is 11.7 Å². The smallest absolute Gasteiger partial charge is 0.293 e. The molecule has 2 fully saturated rings. The molecule has 142 valence electrons. The minimum absolute atomic E-state index is 0.0203. The fraction of sp³-hybridized carbons (Fsp3) is 0.471. The topological polar surface area (TPSA) is 109 Å². The predicted molar refractivity (Wildman–Crippen MR) is 97.6 cm³/mol. The molecule has 0 aliphatic carbocycles. The third-order valence-corrected chi connectivity index (χ3v) is 6.20. The van der Waals surface area contributed by atoms with E-state index in [1.165, 1.54) is 24.3 Å². The van der Waals surface area contributed by atoms with Gasteiger partial charge in [-0.25, -0.2) is 13.1 Å². The summed E-state index contributed by atoms with van der Waals surface area (Å²) in [6.07, 6.45) is 8.69. The molecule has 2 heterocycles. The summed E-state index contributed by atoms with van der Waals surface area (Å²) in [5.41, 5.74) is 2.95. The molecular formula is C17H21N6O3S+. The van der Waals surface area contributed by atoms with Gasteiger partial charge >= 0.3 is 0 Å². The van der Waals surface area contributed by atoms with Crippen molar-refractivity contribution in [1.82, 2.24) is 19.9 Å². The Hall–Kier alpha value is -2.82. The Balaban J connectivity index is 1.67. The van der Waals surface area contributed by atoms with Crippen molar-refractivity contribution in [3.63, 3.8) is 0 Å². The van der Waals surface area contributed by atoms with E-state index in [2.05, 4.69) is 16.2 Å². The lowest BCUT2D eigenvalue weighted by molar-refractivity contribution is -0.534. The van der Waals surface area contributed by atoms with Crippen LogP contribution in [0, 0.1) is 28.8 Å². The van der Waals surface area contributed by atoms with Crippen LogP contribution in [0.4, 0.5) is 5.69 Å². The molecule has 0 saturated carbocycles. The number of rotatable bonds is 6. The molecule has 9 nitrogen and oxygen atoms in total. The molecular weight excluding hydrogens is 368 g/mol.